The molecule has 0 aliphatic carbocycles. The minimum Gasteiger partial charge on any atom is -0.504 e. The van der Waals surface area contributed by atoms with Crippen molar-refractivity contribution in [3.8, 4) is 11.5 Å². The highest BCUT2D eigenvalue weighted by molar-refractivity contribution is 5.41. The van der Waals surface area contributed by atoms with Crippen LogP contribution in [0.2, 0.25) is 0 Å². The van der Waals surface area contributed by atoms with Crippen LogP contribution in [0.25, 0.3) is 0 Å². The fourth-order valence-corrected chi connectivity index (χ4v) is 1.87. The molecule has 0 aliphatic rings. The Morgan fingerprint density at radius 2 is 2.21 bits per heavy atom. The Hall–Kier alpha value is -2.07. The molecule has 0 saturated carbocycles. The molecule has 1 aromatic carbocycles. The third-order valence-corrected chi connectivity index (χ3v) is 3.04. The van der Waals surface area contributed by atoms with Crippen LogP contribution in [0.3, 0.4) is 0 Å². The van der Waals surface area contributed by atoms with Gasteiger partial charge in [-0.2, -0.15) is 0 Å². The van der Waals surface area contributed by atoms with Crippen molar-refractivity contribution in [1.29, 1.82) is 0 Å². The van der Waals surface area contributed by atoms with Gasteiger partial charge in [0.15, 0.2) is 11.5 Å². The van der Waals surface area contributed by atoms with Gasteiger partial charge in [0.1, 0.15) is 0 Å². The fraction of sp³-hybridized carbons (Fsp3) is 0.267. The molecule has 19 heavy (non-hydrogen) atoms. The van der Waals surface area contributed by atoms with Crippen LogP contribution in [0.1, 0.15) is 24.1 Å². The third kappa shape index (κ3) is 3.45. The molecular formula is C15H18N2O2. The van der Waals surface area contributed by atoms with E-state index in [0.29, 0.717) is 12.3 Å². The summed E-state index contributed by atoms with van der Waals surface area (Å²) in [4.78, 5) is 4.10. The molecular weight excluding hydrogens is 240 g/mol. The van der Waals surface area contributed by atoms with Crippen LogP contribution in [-0.4, -0.2) is 17.2 Å². The molecule has 0 spiro atoms. The number of pyridine rings is 1. The standard InChI is InChI=1S/C15H18N2O2/c1-11(13-4-3-7-16-10-13)17-9-12-5-6-15(19-2)14(18)8-12/h3-8,10-11,17-18H,9H2,1-2H3/t11-/m0/s1. The molecule has 2 aromatic rings. The van der Waals surface area contributed by atoms with Crippen molar-refractivity contribution in [1.82, 2.24) is 10.3 Å². The van der Waals surface area contributed by atoms with Crippen LogP contribution >= 0.6 is 0 Å². The van der Waals surface area contributed by atoms with E-state index in [1.165, 1.54) is 7.11 Å². The highest BCUT2D eigenvalue weighted by Crippen LogP contribution is 2.26. The van der Waals surface area contributed by atoms with Crippen LogP contribution < -0.4 is 10.1 Å². The summed E-state index contributed by atoms with van der Waals surface area (Å²) < 4.78 is 5.02. The molecule has 0 unspecified atom stereocenters. The predicted molar refractivity (Wildman–Crippen MR) is 74.2 cm³/mol. The molecule has 0 bridgehead atoms. The first-order valence-electron chi connectivity index (χ1n) is 6.20. The van der Waals surface area contributed by atoms with Crippen LogP contribution in [0.15, 0.2) is 42.7 Å². The van der Waals surface area contributed by atoms with Gasteiger partial charge in [-0.25, -0.2) is 0 Å². The lowest BCUT2D eigenvalue weighted by molar-refractivity contribution is 0.373. The SMILES string of the molecule is COc1ccc(CN[C@@H](C)c2cccnc2)cc1O. The smallest absolute Gasteiger partial charge is 0.160 e. The number of ether oxygens (including phenoxy) is 1. The molecule has 1 heterocycles. The molecule has 100 valence electrons. The average Bonchev–Trinajstić information content (AvgIpc) is 2.46. The van der Waals surface area contributed by atoms with Gasteiger partial charge in [0.25, 0.3) is 0 Å². The molecule has 0 aliphatic heterocycles. The van der Waals surface area contributed by atoms with Crippen molar-refractivity contribution in [2.45, 2.75) is 19.5 Å². The van der Waals surface area contributed by atoms with Gasteiger partial charge < -0.3 is 15.2 Å². The topological polar surface area (TPSA) is 54.4 Å². The first kappa shape index (κ1) is 13.4. The van der Waals surface area contributed by atoms with Crippen LogP contribution in [0.5, 0.6) is 11.5 Å². The van der Waals surface area contributed by atoms with E-state index in [4.69, 9.17) is 4.74 Å². The van der Waals surface area contributed by atoms with E-state index in [1.54, 1.807) is 18.3 Å². The van der Waals surface area contributed by atoms with Crippen molar-refractivity contribution < 1.29 is 9.84 Å². The normalized spacial score (nSPS) is 12.1. The largest absolute Gasteiger partial charge is 0.504 e. The maximum atomic E-state index is 9.71. The Morgan fingerprint density at radius 1 is 1.37 bits per heavy atom. The van der Waals surface area contributed by atoms with Crippen molar-refractivity contribution in [2.24, 2.45) is 0 Å². The number of nitrogens with zero attached hydrogens (tertiary/aromatic N) is 1. The quantitative estimate of drug-likeness (QED) is 0.865. The number of methoxy groups -OCH3 is 1. The molecule has 2 N–H and O–H groups in total. The lowest BCUT2D eigenvalue weighted by atomic mass is 10.1. The third-order valence-electron chi connectivity index (χ3n) is 3.04. The summed E-state index contributed by atoms with van der Waals surface area (Å²) in [7, 11) is 1.54. The Labute approximate surface area is 113 Å². The summed E-state index contributed by atoms with van der Waals surface area (Å²) >= 11 is 0. The maximum absolute atomic E-state index is 9.71. The zero-order valence-electron chi connectivity index (χ0n) is 11.1. The van der Waals surface area contributed by atoms with Crippen molar-refractivity contribution in [3.05, 3.63) is 53.9 Å². The number of aromatic hydroxyl groups is 1. The second-order valence-electron chi connectivity index (χ2n) is 4.40. The molecule has 0 amide bonds. The molecule has 1 aromatic heterocycles. The van der Waals surface area contributed by atoms with Crippen molar-refractivity contribution in [3.63, 3.8) is 0 Å². The maximum Gasteiger partial charge on any atom is 0.160 e. The predicted octanol–water partition coefficient (Wildman–Crippen LogP) is 2.65. The number of phenols is 1. The number of hydrogen-bond donors (Lipinski definition) is 2. The Morgan fingerprint density at radius 3 is 2.84 bits per heavy atom. The lowest BCUT2D eigenvalue weighted by Crippen LogP contribution is -2.18. The summed E-state index contributed by atoms with van der Waals surface area (Å²) in [6.07, 6.45) is 3.61. The fourth-order valence-electron chi connectivity index (χ4n) is 1.87. The van der Waals surface area contributed by atoms with Gasteiger partial charge in [0.2, 0.25) is 0 Å². The van der Waals surface area contributed by atoms with E-state index in [9.17, 15) is 5.11 Å². The number of phenolic OH excluding ortho intramolecular Hbond substituents is 1. The van der Waals surface area contributed by atoms with Gasteiger partial charge in [0, 0.05) is 25.0 Å². The first-order valence-corrected chi connectivity index (χ1v) is 6.20. The highest BCUT2D eigenvalue weighted by Gasteiger charge is 2.06. The van der Waals surface area contributed by atoms with Crippen LogP contribution in [0.4, 0.5) is 0 Å². The Kier molecular flexibility index (Phi) is 4.36. The average molecular weight is 258 g/mol. The second-order valence-corrected chi connectivity index (χ2v) is 4.40. The van der Waals surface area contributed by atoms with Gasteiger partial charge in [-0.1, -0.05) is 12.1 Å². The highest BCUT2D eigenvalue weighted by atomic mass is 16.5. The van der Waals surface area contributed by atoms with Crippen LogP contribution in [-0.2, 0) is 6.54 Å². The molecule has 0 radical (unpaired) electrons. The molecule has 4 nitrogen and oxygen atoms in total. The van der Waals surface area contributed by atoms with Crippen molar-refractivity contribution >= 4 is 0 Å². The molecule has 0 fully saturated rings. The summed E-state index contributed by atoms with van der Waals surface area (Å²) in [5.74, 6) is 0.653. The summed E-state index contributed by atoms with van der Waals surface area (Å²) in [5.41, 5.74) is 2.15. The van der Waals surface area contributed by atoms with E-state index >= 15 is 0 Å². The van der Waals surface area contributed by atoms with Gasteiger partial charge in [0.05, 0.1) is 7.11 Å². The number of aromatic nitrogens is 1. The van der Waals surface area contributed by atoms with Gasteiger partial charge in [-0.15, -0.1) is 0 Å². The molecule has 0 saturated heterocycles. The van der Waals surface area contributed by atoms with E-state index < -0.39 is 0 Å². The van der Waals surface area contributed by atoms with E-state index in [0.717, 1.165) is 11.1 Å². The van der Waals surface area contributed by atoms with Gasteiger partial charge in [-0.3, -0.25) is 4.98 Å². The monoisotopic (exact) mass is 258 g/mol. The van der Waals surface area contributed by atoms with Gasteiger partial charge >= 0.3 is 0 Å². The molecule has 4 heteroatoms. The zero-order valence-corrected chi connectivity index (χ0v) is 11.1. The second kappa shape index (κ2) is 6.20. The van der Waals surface area contributed by atoms with Gasteiger partial charge in [-0.05, 0) is 36.2 Å². The number of nitrogens with one attached hydrogen (secondary N) is 1. The minimum absolute atomic E-state index is 0.163. The van der Waals surface area contributed by atoms with E-state index in [2.05, 4.69) is 17.2 Å². The van der Waals surface area contributed by atoms with Crippen LogP contribution in [0, 0.1) is 0 Å². The van der Waals surface area contributed by atoms with Crippen molar-refractivity contribution in [2.75, 3.05) is 7.11 Å². The summed E-state index contributed by atoms with van der Waals surface area (Å²) in [6, 6.07) is 9.57. The Bertz CT molecular complexity index is 529. The zero-order chi connectivity index (χ0) is 13.7. The lowest BCUT2D eigenvalue weighted by Gasteiger charge is -2.14. The molecule has 2 rings (SSSR count). The number of benzene rings is 1. The molecule has 1 atom stereocenters. The minimum atomic E-state index is 0.163. The van der Waals surface area contributed by atoms with E-state index in [1.807, 2.05) is 24.4 Å². The van der Waals surface area contributed by atoms with E-state index in [-0.39, 0.29) is 11.8 Å². The first-order chi connectivity index (χ1) is 9.20. The Balaban J connectivity index is 1.97. The number of hydrogen-bond acceptors (Lipinski definition) is 4. The summed E-state index contributed by atoms with van der Waals surface area (Å²) in [6.45, 7) is 2.76. The number of rotatable bonds is 5. The summed E-state index contributed by atoms with van der Waals surface area (Å²) in [5, 5.41) is 13.1.